The van der Waals surface area contributed by atoms with Gasteiger partial charge in [0.05, 0.1) is 0 Å². The van der Waals surface area contributed by atoms with E-state index in [1.165, 1.54) is 11.1 Å². The first kappa shape index (κ1) is 22.4. The molecule has 1 saturated heterocycles. The second kappa shape index (κ2) is 9.01. The zero-order chi connectivity index (χ0) is 22.2. The summed E-state index contributed by atoms with van der Waals surface area (Å²) in [7, 11) is 0. The molecule has 0 bridgehead atoms. The normalized spacial score (nSPS) is 22.2. The van der Waals surface area contributed by atoms with Crippen molar-refractivity contribution in [3.05, 3.63) is 57.1 Å². The molecule has 2 aromatic rings. The Morgan fingerprint density at radius 3 is 2.45 bits per heavy atom. The van der Waals surface area contributed by atoms with E-state index < -0.39 is 0 Å². The van der Waals surface area contributed by atoms with E-state index in [4.69, 9.17) is 16.3 Å². The number of hydrogen-bond acceptors (Lipinski definition) is 4. The highest BCUT2D eigenvalue weighted by Gasteiger charge is 2.35. The predicted molar refractivity (Wildman–Crippen MR) is 127 cm³/mol. The Labute approximate surface area is 191 Å². The van der Waals surface area contributed by atoms with Gasteiger partial charge in [0, 0.05) is 49.9 Å². The van der Waals surface area contributed by atoms with E-state index in [0.29, 0.717) is 5.75 Å². The van der Waals surface area contributed by atoms with Gasteiger partial charge in [0.1, 0.15) is 17.1 Å². The third kappa shape index (κ3) is 4.87. The molecule has 1 N–H and O–H groups in total. The number of phenolic OH excluding ortho intramolecular Hbond substituents is 1. The molecule has 0 aromatic heterocycles. The molecular formula is C26H35ClN2O2. The summed E-state index contributed by atoms with van der Waals surface area (Å²) in [6.45, 7) is 14.7. The van der Waals surface area contributed by atoms with Crippen molar-refractivity contribution < 1.29 is 9.84 Å². The van der Waals surface area contributed by atoms with Gasteiger partial charge in [-0.25, -0.2) is 0 Å². The van der Waals surface area contributed by atoms with Gasteiger partial charge in [-0.3, -0.25) is 4.90 Å². The summed E-state index contributed by atoms with van der Waals surface area (Å²) in [6.07, 6.45) is 3.00. The van der Waals surface area contributed by atoms with Crippen molar-refractivity contribution in [3.63, 3.8) is 0 Å². The highest BCUT2D eigenvalue weighted by molar-refractivity contribution is 6.30. The first-order chi connectivity index (χ1) is 14.8. The van der Waals surface area contributed by atoms with E-state index in [2.05, 4.69) is 35.8 Å². The molecule has 0 amide bonds. The van der Waals surface area contributed by atoms with Crippen LogP contribution in [0.4, 0.5) is 0 Å². The summed E-state index contributed by atoms with van der Waals surface area (Å²) < 4.78 is 6.61. The number of ether oxygens (including phenoxy) is 1. The van der Waals surface area contributed by atoms with Gasteiger partial charge in [-0.15, -0.1) is 0 Å². The Bertz CT molecular complexity index is 953. The summed E-state index contributed by atoms with van der Waals surface area (Å²) in [5, 5.41) is 11.2. The molecule has 31 heavy (non-hydrogen) atoms. The molecule has 2 aliphatic rings. The fourth-order valence-electron chi connectivity index (χ4n) is 4.93. The van der Waals surface area contributed by atoms with Gasteiger partial charge in [-0.1, -0.05) is 23.7 Å². The quantitative estimate of drug-likeness (QED) is 0.684. The minimum Gasteiger partial charge on any atom is -0.507 e. The summed E-state index contributed by atoms with van der Waals surface area (Å²) in [5.74, 6) is 1.44. The van der Waals surface area contributed by atoms with Crippen molar-refractivity contribution in [2.75, 3.05) is 32.7 Å². The van der Waals surface area contributed by atoms with Crippen molar-refractivity contribution in [2.24, 2.45) is 0 Å². The van der Waals surface area contributed by atoms with Crippen molar-refractivity contribution in [3.8, 4) is 11.5 Å². The first-order valence-corrected chi connectivity index (χ1v) is 11.8. The maximum atomic E-state index is 10.4. The molecule has 0 spiro atoms. The van der Waals surface area contributed by atoms with Gasteiger partial charge in [-0.2, -0.15) is 0 Å². The van der Waals surface area contributed by atoms with Gasteiger partial charge in [0.15, 0.2) is 0 Å². The van der Waals surface area contributed by atoms with Crippen LogP contribution in [0, 0.1) is 20.8 Å². The molecule has 4 rings (SSSR count). The minimum atomic E-state index is -0.147. The summed E-state index contributed by atoms with van der Waals surface area (Å²) in [6, 6.07) is 8.19. The molecule has 4 nitrogen and oxygen atoms in total. The predicted octanol–water partition coefficient (Wildman–Crippen LogP) is 5.26. The van der Waals surface area contributed by atoms with Crippen molar-refractivity contribution in [2.45, 2.75) is 59.1 Å². The van der Waals surface area contributed by atoms with Crippen LogP contribution < -0.4 is 4.74 Å². The van der Waals surface area contributed by atoms with Crippen LogP contribution in [-0.4, -0.2) is 53.2 Å². The third-order valence-electron chi connectivity index (χ3n) is 7.31. The maximum Gasteiger partial charge on any atom is 0.127 e. The van der Waals surface area contributed by atoms with Crippen LogP contribution in [0.15, 0.2) is 24.3 Å². The minimum absolute atomic E-state index is 0.147. The largest absolute Gasteiger partial charge is 0.507 e. The Kier molecular flexibility index (Phi) is 6.52. The van der Waals surface area contributed by atoms with E-state index in [0.717, 1.165) is 86.0 Å². The molecule has 0 saturated carbocycles. The SMILES string of the molecule is Cc1c(C)c2c(c(C)c1O)CCC(C)(CCN1CCN(Cc3cccc(Cl)c3)CC1)O2. The average Bonchev–Trinajstić information content (AvgIpc) is 2.76. The number of rotatable bonds is 5. The molecule has 0 aliphatic carbocycles. The lowest BCUT2D eigenvalue weighted by Crippen LogP contribution is -2.48. The smallest absolute Gasteiger partial charge is 0.127 e. The van der Waals surface area contributed by atoms with Gasteiger partial charge in [-0.05, 0) is 81.3 Å². The van der Waals surface area contributed by atoms with Crippen molar-refractivity contribution in [1.29, 1.82) is 0 Å². The van der Waals surface area contributed by atoms with Crippen molar-refractivity contribution >= 4 is 11.6 Å². The number of benzene rings is 2. The first-order valence-electron chi connectivity index (χ1n) is 11.5. The molecule has 2 aromatic carbocycles. The number of hydrogen-bond donors (Lipinski definition) is 1. The fourth-order valence-corrected chi connectivity index (χ4v) is 5.14. The van der Waals surface area contributed by atoms with Gasteiger partial charge in [0.25, 0.3) is 0 Å². The van der Waals surface area contributed by atoms with Crippen LogP contribution in [0.2, 0.25) is 5.02 Å². The molecular weight excluding hydrogens is 408 g/mol. The number of fused-ring (bicyclic) bond motifs is 1. The van der Waals surface area contributed by atoms with Gasteiger partial charge >= 0.3 is 0 Å². The van der Waals surface area contributed by atoms with E-state index in [9.17, 15) is 5.11 Å². The Balaban J connectivity index is 1.31. The molecule has 0 radical (unpaired) electrons. The van der Waals surface area contributed by atoms with Crippen molar-refractivity contribution in [1.82, 2.24) is 9.80 Å². The number of piperazine rings is 1. The number of aromatic hydroxyl groups is 1. The van der Waals surface area contributed by atoms with Gasteiger partial charge < -0.3 is 14.7 Å². The molecule has 1 atom stereocenters. The van der Waals surface area contributed by atoms with E-state index in [1.54, 1.807) is 0 Å². The zero-order valence-corrected chi connectivity index (χ0v) is 20.1. The highest BCUT2D eigenvalue weighted by Crippen LogP contribution is 2.44. The molecule has 5 heteroatoms. The second-order valence-electron chi connectivity index (χ2n) is 9.58. The Morgan fingerprint density at radius 2 is 1.74 bits per heavy atom. The maximum absolute atomic E-state index is 10.4. The second-order valence-corrected chi connectivity index (χ2v) is 10.0. The van der Waals surface area contributed by atoms with E-state index in [-0.39, 0.29) is 5.60 Å². The summed E-state index contributed by atoms with van der Waals surface area (Å²) in [4.78, 5) is 5.08. The van der Waals surface area contributed by atoms with E-state index >= 15 is 0 Å². The van der Waals surface area contributed by atoms with Crippen LogP contribution in [0.25, 0.3) is 0 Å². The Morgan fingerprint density at radius 1 is 1.03 bits per heavy atom. The number of halogens is 1. The third-order valence-corrected chi connectivity index (χ3v) is 7.54. The van der Waals surface area contributed by atoms with Gasteiger partial charge in [0.2, 0.25) is 0 Å². The molecule has 2 heterocycles. The van der Waals surface area contributed by atoms with E-state index in [1.807, 2.05) is 26.0 Å². The average molecular weight is 443 g/mol. The van der Waals surface area contributed by atoms with Crippen LogP contribution in [0.1, 0.15) is 47.6 Å². The molecule has 1 fully saturated rings. The summed E-state index contributed by atoms with van der Waals surface area (Å²) >= 11 is 6.13. The molecule has 1 unspecified atom stereocenters. The van der Waals surface area contributed by atoms with Crippen LogP contribution in [-0.2, 0) is 13.0 Å². The lowest BCUT2D eigenvalue weighted by atomic mass is 9.85. The lowest BCUT2D eigenvalue weighted by molar-refractivity contribution is 0.0351. The highest BCUT2D eigenvalue weighted by atomic mass is 35.5. The lowest BCUT2D eigenvalue weighted by Gasteiger charge is -2.40. The Hall–Kier alpha value is -1.75. The van der Waals surface area contributed by atoms with Crippen LogP contribution in [0.3, 0.4) is 0 Å². The van der Waals surface area contributed by atoms with Crippen LogP contribution >= 0.6 is 11.6 Å². The molecule has 168 valence electrons. The molecule has 2 aliphatic heterocycles. The zero-order valence-electron chi connectivity index (χ0n) is 19.3. The topological polar surface area (TPSA) is 35.9 Å². The summed E-state index contributed by atoms with van der Waals surface area (Å²) in [5.41, 5.74) is 5.33. The van der Waals surface area contributed by atoms with Crippen LogP contribution in [0.5, 0.6) is 11.5 Å². The fraction of sp³-hybridized carbons (Fsp3) is 0.538. The monoisotopic (exact) mass is 442 g/mol. The number of nitrogens with zero attached hydrogens (tertiary/aromatic N) is 2. The number of phenols is 1. The standard InChI is InChI=1S/C26H35ClN2O2/c1-18-19(2)25-23(20(3)24(18)30)8-9-26(4,31-25)10-11-28-12-14-29(15-13-28)17-21-6-5-7-22(27)16-21/h5-7,16,30H,8-15,17H2,1-4H3.